The molecule has 1 fully saturated rings. The van der Waals surface area contributed by atoms with Crippen molar-refractivity contribution in [3.8, 4) is 0 Å². The third-order valence-electron chi connectivity index (χ3n) is 6.74. The molecule has 232 valence electrons. The van der Waals surface area contributed by atoms with Crippen molar-refractivity contribution in [1.29, 1.82) is 0 Å². The average molecular weight is 653 g/mol. The van der Waals surface area contributed by atoms with Crippen LogP contribution < -0.4 is 10.2 Å². The number of nitrogens with zero attached hydrogens (tertiary/aromatic N) is 2. The largest absolute Gasteiger partial charge is 0.444 e. The van der Waals surface area contributed by atoms with E-state index in [1.807, 2.05) is 0 Å². The maximum Gasteiger partial charge on any atom is 0.416 e. The van der Waals surface area contributed by atoms with Crippen molar-refractivity contribution < 1.29 is 35.9 Å². The van der Waals surface area contributed by atoms with E-state index in [9.17, 15) is 31.2 Å². The summed E-state index contributed by atoms with van der Waals surface area (Å²) in [6, 6.07) is 5.58. The van der Waals surface area contributed by atoms with Crippen LogP contribution in [0.1, 0.15) is 62.0 Å². The van der Waals surface area contributed by atoms with Crippen LogP contribution in [-0.2, 0) is 27.3 Å². The Morgan fingerprint density at radius 3 is 2.26 bits per heavy atom. The fourth-order valence-electron chi connectivity index (χ4n) is 4.58. The van der Waals surface area contributed by atoms with E-state index in [0.717, 1.165) is 17.0 Å². The molecule has 0 bridgehead atoms. The molecule has 0 spiro atoms. The molecule has 0 atom stereocenters. The number of alkyl halides is 3. The van der Waals surface area contributed by atoms with Gasteiger partial charge < -0.3 is 15.0 Å². The van der Waals surface area contributed by atoms with Crippen LogP contribution in [0.25, 0.3) is 0 Å². The quantitative estimate of drug-likeness (QED) is 0.364. The first kappa shape index (κ1) is 34.0. The molecule has 0 saturated carbocycles. The van der Waals surface area contributed by atoms with Crippen molar-refractivity contribution in [2.75, 3.05) is 30.8 Å². The highest BCUT2D eigenvalue weighted by Crippen LogP contribution is 2.38. The lowest BCUT2D eigenvalue weighted by atomic mass is 9.99. The van der Waals surface area contributed by atoms with Gasteiger partial charge in [0, 0.05) is 48.3 Å². The summed E-state index contributed by atoms with van der Waals surface area (Å²) in [7, 11) is -2.53. The molecule has 1 N–H and O–H groups in total. The molecule has 2 aromatic rings. The van der Waals surface area contributed by atoms with Gasteiger partial charge in [-0.2, -0.15) is 13.2 Å². The van der Waals surface area contributed by atoms with Gasteiger partial charge in [0.15, 0.2) is 9.84 Å². The molecule has 1 aliphatic heterocycles. The van der Waals surface area contributed by atoms with Crippen LogP contribution >= 0.6 is 23.2 Å². The fraction of sp³-hybridized carbons (Fsp3) is 0.500. The highest BCUT2D eigenvalue weighted by atomic mass is 35.5. The Kier molecular flexibility index (Phi) is 10.5. The summed E-state index contributed by atoms with van der Waals surface area (Å²) in [5.74, 6) is -1.14. The van der Waals surface area contributed by atoms with Crippen LogP contribution in [0.4, 0.5) is 23.7 Å². The van der Waals surface area contributed by atoms with Crippen LogP contribution in [0.15, 0.2) is 35.2 Å². The minimum Gasteiger partial charge on any atom is -0.444 e. The van der Waals surface area contributed by atoms with Gasteiger partial charge in [-0.3, -0.25) is 9.69 Å². The Morgan fingerprint density at radius 2 is 1.71 bits per heavy atom. The SMILES string of the molecule is CCS(=O)(=O)c1ccc(Cl)cc1N(C)C(=O)c1cc(Cl)c(CN2CCC(NC(=O)OC(C)(C)C)CC2)c(C(F)(F)F)c1. The number of halogens is 5. The van der Waals surface area contributed by atoms with E-state index in [1.165, 1.54) is 32.2 Å². The van der Waals surface area contributed by atoms with Gasteiger partial charge in [0.05, 0.1) is 21.9 Å². The standard InChI is InChI=1S/C28H34Cl2F3N3O5S/c1-6-42(39,40)24-8-7-18(29)15-23(24)35(5)25(37)17-13-21(28(31,32)33)20(22(30)14-17)16-36-11-9-19(10-12-36)34-26(38)41-27(2,3)4/h7-8,13-15,19H,6,9-12,16H2,1-5H3,(H,34,38). The van der Waals surface area contributed by atoms with E-state index < -0.39 is 39.2 Å². The fourth-order valence-corrected chi connectivity index (χ4v) is 6.13. The van der Waals surface area contributed by atoms with E-state index in [4.69, 9.17) is 27.9 Å². The predicted octanol–water partition coefficient (Wildman–Crippen LogP) is 6.57. The second-order valence-corrected chi connectivity index (χ2v) is 14.1. The molecule has 3 rings (SSSR count). The number of piperidine rings is 1. The lowest BCUT2D eigenvalue weighted by molar-refractivity contribution is -0.138. The number of nitrogens with one attached hydrogen (secondary N) is 1. The van der Waals surface area contributed by atoms with Gasteiger partial charge in [0.25, 0.3) is 5.91 Å². The number of hydrogen-bond donors (Lipinski definition) is 1. The zero-order valence-corrected chi connectivity index (χ0v) is 26.3. The Bertz CT molecular complexity index is 1440. The van der Waals surface area contributed by atoms with E-state index >= 15 is 0 Å². The van der Waals surface area contributed by atoms with Gasteiger partial charge in [0.1, 0.15) is 5.60 Å². The van der Waals surface area contributed by atoms with E-state index in [1.54, 1.807) is 25.7 Å². The van der Waals surface area contributed by atoms with Crippen LogP contribution in [0.3, 0.4) is 0 Å². The van der Waals surface area contributed by atoms with Gasteiger partial charge in [-0.1, -0.05) is 30.1 Å². The molecule has 0 aromatic heterocycles. The number of carbonyl (C=O) groups excluding carboxylic acids is 2. The van der Waals surface area contributed by atoms with E-state index in [0.29, 0.717) is 25.9 Å². The van der Waals surface area contributed by atoms with Crippen molar-refractivity contribution in [2.24, 2.45) is 0 Å². The minimum absolute atomic E-state index is 0.0639. The third kappa shape index (κ3) is 8.52. The number of ether oxygens (including phenoxy) is 1. The number of alkyl carbamates (subject to hydrolysis) is 1. The minimum atomic E-state index is -4.82. The van der Waals surface area contributed by atoms with E-state index in [-0.39, 0.29) is 50.1 Å². The molecule has 1 aliphatic rings. The third-order valence-corrected chi connectivity index (χ3v) is 9.09. The van der Waals surface area contributed by atoms with Crippen molar-refractivity contribution >= 4 is 50.7 Å². The predicted molar refractivity (Wildman–Crippen MR) is 156 cm³/mol. The lowest BCUT2D eigenvalue weighted by Gasteiger charge is -2.33. The number of sulfone groups is 1. The smallest absolute Gasteiger partial charge is 0.416 e. The molecule has 0 unspecified atom stereocenters. The molecule has 2 aromatic carbocycles. The van der Waals surface area contributed by atoms with Crippen LogP contribution in [0.5, 0.6) is 0 Å². The van der Waals surface area contributed by atoms with Gasteiger partial charge in [-0.25, -0.2) is 13.2 Å². The first-order valence-corrected chi connectivity index (χ1v) is 15.6. The Labute approximate surface area is 254 Å². The molecule has 14 heteroatoms. The number of benzene rings is 2. The zero-order chi connectivity index (χ0) is 31.6. The highest BCUT2D eigenvalue weighted by molar-refractivity contribution is 7.91. The van der Waals surface area contributed by atoms with Crippen molar-refractivity contribution in [3.63, 3.8) is 0 Å². The number of likely N-dealkylation sites (tertiary alicyclic amines) is 1. The maximum atomic E-state index is 14.2. The van der Waals surface area contributed by atoms with E-state index in [2.05, 4.69) is 5.32 Å². The second kappa shape index (κ2) is 13.0. The summed E-state index contributed by atoms with van der Waals surface area (Å²) in [6.07, 6.45) is -4.37. The molecule has 0 aliphatic carbocycles. The van der Waals surface area contributed by atoms with Crippen LogP contribution in [0, 0.1) is 0 Å². The average Bonchev–Trinajstić information content (AvgIpc) is 2.87. The summed E-state index contributed by atoms with van der Waals surface area (Å²) in [5, 5.41) is 2.69. The number of anilines is 1. The van der Waals surface area contributed by atoms with Gasteiger partial charge >= 0.3 is 12.3 Å². The summed E-state index contributed by atoms with van der Waals surface area (Å²) < 4.78 is 73.2. The van der Waals surface area contributed by atoms with Crippen molar-refractivity contribution in [1.82, 2.24) is 10.2 Å². The summed E-state index contributed by atoms with van der Waals surface area (Å²) in [5.41, 5.74) is -2.32. The van der Waals surface area contributed by atoms with Gasteiger partial charge in [-0.15, -0.1) is 0 Å². The Morgan fingerprint density at radius 1 is 1.10 bits per heavy atom. The second-order valence-electron chi connectivity index (χ2n) is 11.1. The van der Waals surface area contributed by atoms with Crippen LogP contribution in [0.2, 0.25) is 10.0 Å². The van der Waals surface area contributed by atoms with Crippen molar-refractivity contribution in [2.45, 2.75) is 69.8 Å². The summed E-state index contributed by atoms with van der Waals surface area (Å²) in [4.78, 5) is 28.0. The first-order valence-electron chi connectivity index (χ1n) is 13.2. The molecular weight excluding hydrogens is 618 g/mol. The lowest BCUT2D eigenvalue weighted by Crippen LogP contribution is -2.46. The summed E-state index contributed by atoms with van der Waals surface area (Å²) >= 11 is 12.4. The Balaban J connectivity index is 1.84. The molecular formula is C28H34Cl2F3N3O5S. The number of amides is 2. The number of hydrogen-bond acceptors (Lipinski definition) is 6. The highest BCUT2D eigenvalue weighted by Gasteiger charge is 2.37. The molecule has 0 radical (unpaired) electrons. The van der Waals surface area contributed by atoms with Gasteiger partial charge in [-0.05, 0) is 69.5 Å². The molecule has 1 heterocycles. The maximum absolute atomic E-state index is 14.2. The molecule has 2 amide bonds. The monoisotopic (exact) mass is 651 g/mol. The van der Waals surface area contributed by atoms with Crippen molar-refractivity contribution in [3.05, 3.63) is 57.1 Å². The molecule has 42 heavy (non-hydrogen) atoms. The topological polar surface area (TPSA) is 96.0 Å². The number of carbonyl (C=O) groups is 2. The summed E-state index contributed by atoms with van der Waals surface area (Å²) in [6.45, 7) is 7.37. The van der Waals surface area contributed by atoms with Crippen LogP contribution in [-0.4, -0.2) is 62.9 Å². The zero-order valence-electron chi connectivity index (χ0n) is 23.9. The normalized spacial score (nSPS) is 15.4. The molecule has 1 saturated heterocycles. The first-order chi connectivity index (χ1) is 19.3. The van der Waals surface area contributed by atoms with Gasteiger partial charge in [0.2, 0.25) is 0 Å². The molecule has 8 nitrogen and oxygen atoms in total. The Hall–Kier alpha value is -2.54. The number of rotatable bonds is 7.